The first-order chi connectivity index (χ1) is 10.9. The first kappa shape index (κ1) is 17.0. The van der Waals surface area contributed by atoms with Gasteiger partial charge >= 0.3 is 0 Å². The van der Waals surface area contributed by atoms with Gasteiger partial charge in [-0.05, 0) is 31.5 Å². The molecule has 5 nitrogen and oxygen atoms in total. The first-order valence-corrected chi connectivity index (χ1v) is 10.6. The SMILES string of the molecule is CC(C)n1cnc(S(=O)(=O)N2CCSC2c2ccc(Br)cc2)c1. The molecule has 124 valence electrons. The standard InChI is InChI=1S/C15H18BrN3O2S2/c1-11(2)18-9-14(17-10-18)23(20,21)19-7-8-22-15(19)12-3-5-13(16)6-4-12/h3-6,9-11,15H,7-8H2,1-2H3. The summed E-state index contributed by atoms with van der Waals surface area (Å²) in [6.07, 6.45) is 3.19. The van der Waals surface area contributed by atoms with E-state index in [0.29, 0.717) is 6.54 Å². The summed E-state index contributed by atoms with van der Waals surface area (Å²) in [5.74, 6) is 0.783. The number of nitrogens with zero attached hydrogens (tertiary/aromatic N) is 3. The van der Waals surface area contributed by atoms with E-state index in [1.165, 1.54) is 0 Å². The third-order valence-electron chi connectivity index (χ3n) is 3.75. The predicted molar refractivity (Wildman–Crippen MR) is 95.8 cm³/mol. The molecule has 0 amide bonds. The summed E-state index contributed by atoms with van der Waals surface area (Å²) in [5, 5.41) is -0.0758. The predicted octanol–water partition coefficient (Wildman–Crippen LogP) is 3.66. The molecule has 8 heteroatoms. The molecule has 1 aromatic carbocycles. The molecule has 23 heavy (non-hydrogen) atoms. The Labute approximate surface area is 149 Å². The van der Waals surface area contributed by atoms with Gasteiger partial charge in [0.1, 0.15) is 0 Å². The summed E-state index contributed by atoms with van der Waals surface area (Å²) in [7, 11) is -3.59. The van der Waals surface area contributed by atoms with Crippen LogP contribution in [0.4, 0.5) is 0 Å². The normalized spacial score (nSPS) is 19.6. The summed E-state index contributed by atoms with van der Waals surface area (Å²) >= 11 is 5.05. The van der Waals surface area contributed by atoms with Crippen LogP contribution < -0.4 is 0 Å². The minimum Gasteiger partial charge on any atom is -0.334 e. The van der Waals surface area contributed by atoms with E-state index in [2.05, 4.69) is 20.9 Å². The van der Waals surface area contributed by atoms with Crippen LogP contribution in [-0.4, -0.2) is 34.6 Å². The Hall–Kier alpha value is -0.830. The van der Waals surface area contributed by atoms with Crippen molar-refractivity contribution in [3.05, 3.63) is 46.8 Å². The maximum Gasteiger partial charge on any atom is 0.263 e. The fourth-order valence-corrected chi connectivity index (χ4v) is 5.87. The van der Waals surface area contributed by atoms with E-state index in [0.717, 1.165) is 15.8 Å². The molecule has 2 aromatic rings. The minimum absolute atomic E-state index is 0.121. The van der Waals surface area contributed by atoms with Crippen LogP contribution in [0.15, 0.2) is 46.3 Å². The van der Waals surface area contributed by atoms with E-state index in [1.54, 1.807) is 28.6 Å². The van der Waals surface area contributed by atoms with Crippen molar-refractivity contribution in [3.63, 3.8) is 0 Å². The third kappa shape index (κ3) is 3.35. The van der Waals surface area contributed by atoms with E-state index in [9.17, 15) is 8.42 Å². The number of benzene rings is 1. The van der Waals surface area contributed by atoms with Gasteiger partial charge in [-0.1, -0.05) is 28.1 Å². The van der Waals surface area contributed by atoms with E-state index < -0.39 is 10.0 Å². The van der Waals surface area contributed by atoms with Crippen molar-refractivity contribution in [1.29, 1.82) is 0 Å². The molecule has 1 saturated heterocycles. The molecular formula is C15H18BrN3O2S2. The number of hydrogen-bond donors (Lipinski definition) is 0. The molecule has 1 aromatic heterocycles. The van der Waals surface area contributed by atoms with Gasteiger partial charge in [-0.15, -0.1) is 11.8 Å². The van der Waals surface area contributed by atoms with E-state index in [1.807, 2.05) is 42.7 Å². The number of hydrogen-bond acceptors (Lipinski definition) is 4. The number of aromatic nitrogens is 2. The minimum atomic E-state index is -3.59. The Balaban J connectivity index is 1.92. The largest absolute Gasteiger partial charge is 0.334 e. The molecule has 1 atom stereocenters. The Kier molecular flexibility index (Phi) is 4.87. The molecule has 0 aliphatic carbocycles. The van der Waals surface area contributed by atoms with Crippen molar-refractivity contribution in [2.75, 3.05) is 12.3 Å². The molecule has 1 aliphatic rings. The molecule has 2 heterocycles. The van der Waals surface area contributed by atoms with E-state index >= 15 is 0 Å². The second kappa shape index (κ2) is 6.58. The van der Waals surface area contributed by atoms with Gasteiger partial charge in [-0.2, -0.15) is 4.31 Å². The highest BCUT2D eigenvalue weighted by Gasteiger charge is 2.38. The lowest BCUT2D eigenvalue weighted by atomic mass is 10.2. The van der Waals surface area contributed by atoms with Crippen molar-refractivity contribution in [1.82, 2.24) is 13.9 Å². The average Bonchev–Trinajstić information content (AvgIpc) is 3.18. The van der Waals surface area contributed by atoms with Crippen LogP contribution in [0, 0.1) is 0 Å². The molecule has 1 fully saturated rings. The molecule has 0 radical (unpaired) electrons. The zero-order valence-corrected chi connectivity index (χ0v) is 16.1. The number of thioether (sulfide) groups is 1. The molecule has 1 aliphatic heterocycles. The Bertz CT molecular complexity index is 787. The van der Waals surface area contributed by atoms with E-state index in [-0.39, 0.29) is 16.4 Å². The smallest absolute Gasteiger partial charge is 0.263 e. The second-order valence-electron chi connectivity index (χ2n) is 5.64. The number of halogens is 1. The zero-order chi connectivity index (χ0) is 16.6. The highest BCUT2D eigenvalue weighted by Crippen LogP contribution is 2.41. The third-order valence-corrected chi connectivity index (χ3v) is 7.42. The first-order valence-electron chi connectivity index (χ1n) is 7.32. The molecular weight excluding hydrogens is 398 g/mol. The van der Waals surface area contributed by atoms with Gasteiger partial charge < -0.3 is 4.57 Å². The van der Waals surface area contributed by atoms with Crippen LogP contribution in [0.3, 0.4) is 0 Å². The lowest BCUT2D eigenvalue weighted by Gasteiger charge is -2.22. The molecule has 0 saturated carbocycles. The van der Waals surface area contributed by atoms with Gasteiger partial charge in [0.15, 0.2) is 5.03 Å². The Morgan fingerprint density at radius 2 is 2.00 bits per heavy atom. The van der Waals surface area contributed by atoms with Crippen molar-refractivity contribution >= 4 is 37.7 Å². The fraction of sp³-hybridized carbons (Fsp3) is 0.400. The van der Waals surface area contributed by atoms with Crippen molar-refractivity contribution in [3.8, 4) is 0 Å². The van der Waals surface area contributed by atoms with Crippen LogP contribution >= 0.6 is 27.7 Å². The number of rotatable bonds is 4. The lowest BCUT2D eigenvalue weighted by molar-refractivity contribution is 0.432. The lowest BCUT2D eigenvalue weighted by Crippen LogP contribution is -2.30. The maximum atomic E-state index is 12.9. The monoisotopic (exact) mass is 415 g/mol. The van der Waals surface area contributed by atoms with Crippen LogP contribution in [0.1, 0.15) is 30.8 Å². The zero-order valence-electron chi connectivity index (χ0n) is 12.9. The quantitative estimate of drug-likeness (QED) is 0.764. The van der Waals surface area contributed by atoms with Gasteiger partial charge in [0.25, 0.3) is 10.0 Å². The van der Waals surface area contributed by atoms with Gasteiger partial charge in [-0.3, -0.25) is 0 Å². The summed E-state index contributed by atoms with van der Waals surface area (Å²) in [6.45, 7) is 4.49. The number of sulfonamides is 1. The molecule has 0 spiro atoms. The van der Waals surface area contributed by atoms with Gasteiger partial charge in [0, 0.05) is 29.0 Å². The Morgan fingerprint density at radius 3 is 2.61 bits per heavy atom. The van der Waals surface area contributed by atoms with Crippen LogP contribution in [0.5, 0.6) is 0 Å². The average molecular weight is 416 g/mol. The summed E-state index contributed by atoms with van der Waals surface area (Å²) in [4.78, 5) is 4.11. The highest BCUT2D eigenvalue weighted by molar-refractivity contribution is 9.10. The van der Waals surface area contributed by atoms with Crippen molar-refractivity contribution in [2.45, 2.75) is 30.3 Å². The summed E-state index contributed by atoms with van der Waals surface area (Å²) in [5.41, 5.74) is 0.988. The van der Waals surface area contributed by atoms with Gasteiger partial charge in [0.2, 0.25) is 0 Å². The van der Waals surface area contributed by atoms with Crippen LogP contribution in [0.25, 0.3) is 0 Å². The molecule has 0 N–H and O–H groups in total. The highest BCUT2D eigenvalue weighted by atomic mass is 79.9. The fourth-order valence-electron chi connectivity index (χ4n) is 2.44. The van der Waals surface area contributed by atoms with Crippen LogP contribution in [0.2, 0.25) is 0 Å². The van der Waals surface area contributed by atoms with Gasteiger partial charge in [-0.25, -0.2) is 13.4 Å². The molecule has 3 rings (SSSR count). The van der Waals surface area contributed by atoms with E-state index in [4.69, 9.17) is 0 Å². The topological polar surface area (TPSA) is 55.2 Å². The molecule has 1 unspecified atom stereocenters. The summed E-state index contributed by atoms with van der Waals surface area (Å²) < 4.78 is 30.2. The van der Waals surface area contributed by atoms with Crippen LogP contribution in [-0.2, 0) is 10.0 Å². The summed E-state index contributed by atoms with van der Waals surface area (Å²) in [6, 6.07) is 7.98. The molecule has 0 bridgehead atoms. The van der Waals surface area contributed by atoms with Gasteiger partial charge in [0.05, 0.1) is 11.7 Å². The van der Waals surface area contributed by atoms with Crippen molar-refractivity contribution < 1.29 is 8.42 Å². The maximum absolute atomic E-state index is 12.9. The number of imidazole rings is 1. The van der Waals surface area contributed by atoms with Crippen molar-refractivity contribution in [2.24, 2.45) is 0 Å². The second-order valence-corrected chi connectivity index (χ2v) is 9.58. The Morgan fingerprint density at radius 1 is 1.30 bits per heavy atom.